The number of fused-ring (bicyclic) bond motifs is 1. The van der Waals surface area contributed by atoms with Gasteiger partial charge in [-0.05, 0) is 48.5 Å². The van der Waals surface area contributed by atoms with Crippen molar-refractivity contribution < 1.29 is 17.9 Å². The summed E-state index contributed by atoms with van der Waals surface area (Å²) >= 11 is 7.20. The molecule has 0 spiro atoms. The summed E-state index contributed by atoms with van der Waals surface area (Å²) in [5.74, 6) is 0.0525. The molecular formula is C22H21ClN4O4S2. The lowest BCUT2D eigenvalue weighted by Crippen LogP contribution is -2.35. The molecule has 4 aromatic rings. The normalized spacial score (nSPS) is 11.6. The summed E-state index contributed by atoms with van der Waals surface area (Å²) in [7, 11) is -2.05. The van der Waals surface area contributed by atoms with Crippen molar-refractivity contribution in [1.29, 1.82) is 0 Å². The minimum atomic E-state index is -3.64. The van der Waals surface area contributed by atoms with Crippen LogP contribution in [0.2, 0.25) is 5.02 Å². The van der Waals surface area contributed by atoms with Gasteiger partial charge in [0.15, 0.2) is 15.0 Å². The average Bonchev–Trinajstić information content (AvgIpc) is 3.47. The summed E-state index contributed by atoms with van der Waals surface area (Å²) in [4.78, 5) is 19.4. The number of carbonyl (C=O) groups excluding carboxylic acids is 1. The zero-order valence-electron chi connectivity index (χ0n) is 17.7. The maximum Gasteiger partial charge on any atom is 0.229 e. The molecule has 0 bridgehead atoms. The Balaban J connectivity index is 1.56. The van der Waals surface area contributed by atoms with Crippen molar-refractivity contribution >= 4 is 54.0 Å². The highest BCUT2D eigenvalue weighted by atomic mass is 35.5. The number of hydrogen-bond acceptors (Lipinski definition) is 7. The molecule has 4 rings (SSSR count). The predicted molar refractivity (Wildman–Crippen MR) is 129 cm³/mol. The Morgan fingerprint density at radius 2 is 2.00 bits per heavy atom. The lowest BCUT2D eigenvalue weighted by atomic mass is 10.3. The molecule has 0 radical (unpaired) electrons. The molecule has 0 N–H and O–H groups in total. The number of hydrogen-bond donors (Lipinski definition) is 0. The molecule has 0 aliphatic carbocycles. The van der Waals surface area contributed by atoms with Crippen LogP contribution in [0.3, 0.4) is 0 Å². The third kappa shape index (κ3) is 5.52. The molecule has 11 heteroatoms. The van der Waals surface area contributed by atoms with Crippen LogP contribution in [0.15, 0.2) is 65.8 Å². The monoisotopic (exact) mass is 504 g/mol. The van der Waals surface area contributed by atoms with E-state index in [0.29, 0.717) is 29.0 Å². The number of sulfone groups is 1. The van der Waals surface area contributed by atoms with Gasteiger partial charge in [0.1, 0.15) is 5.75 Å². The molecule has 0 atom stereocenters. The second-order valence-electron chi connectivity index (χ2n) is 7.17. The molecule has 0 fully saturated rings. The Morgan fingerprint density at radius 3 is 2.70 bits per heavy atom. The highest BCUT2D eigenvalue weighted by molar-refractivity contribution is 7.91. The Kier molecular flexibility index (Phi) is 6.96. The number of amides is 1. The number of benzene rings is 2. The minimum absolute atomic E-state index is 0.134. The van der Waals surface area contributed by atoms with Crippen molar-refractivity contribution in [2.75, 3.05) is 24.3 Å². The average molecular weight is 505 g/mol. The van der Waals surface area contributed by atoms with Crippen LogP contribution < -0.4 is 9.64 Å². The van der Waals surface area contributed by atoms with E-state index >= 15 is 0 Å². The number of thiazole rings is 1. The maximum absolute atomic E-state index is 13.2. The van der Waals surface area contributed by atoms with E-state index in [9.17, 15) is 13.2 Å². The Bertz CT molecular complexity index is 1350. The van der Waals surface area contributed by atoms with E-state index in [4.69, 9.17) is 16.3 Å². The molecule has 172 valence electrons. The zero-order chi connectivity index (χ0) is 23.4. The van der Waals surface area contributed by atoms with Crippen molar-refractivity contribution in [2.24, 2.45) is 0 Å². The first-order chi connectivity index (χ1) is 15.9. The quantitative estimate of drug-likeness (QED) is 0.341. The van der Waals surface area contributed by atoms with Gasteiger partial charge in [-0.2, -0.15) is 5.10 Å². The van der Waals surface area contributed by atoms with E-state index in [1.165, 1.54) is 40.5 Å². The maximum atomic E-state index is 13.2. The highest BCUT2D eigenvalue weighted by Gasteiger charge is 2.23. The van der Waals surface area contributed by atoms with Gasteiger partial charge in [0, 0.05) is 30.4 Å². The first-order valence-electron chi connectivity index (χ1n) is 10.1. The molecule has 8 nitrogen and oxygen atoms in total. The van der Waals surface area contributed by atoms with Gasteiger partial charge in [0.2, 0.25) is 5.91 Å². The third-order valence-electron chi connectivity index (χ3n) is 4.99. The number of anilines is 1. The molecule has 0 saturated carbocycles. The predicted octanol–water partition coefficient (Wildman–Crippen LogP) is 4.05. The third-order valence-corrected chi connectivity index (χ3v) is 8.01. The molecule has 2 heterocycles. The van der Waals surface area contributed by atoms with Gasteiger partial charge in [0.25, 0.3) is 0 Å². The second-order valence-corrected chi connectivity index (χ2v) is 10.7. The number of rotatable bonds is 9. The number of methoxy groups -OCH3 is 1. The van der Waals surface area contributed by atoms with Crippen molar-refractivity contribution in [2.45, 2.75) is 17.9 Å². The van der Waals surface area contributed by atoms with E-state index in [-0.39, 0.29) is 23.0 Å². The summed E-state index contributed by atoms with van der Waals surface area (Å²) in [5.41, 5.74) is 0.737. The van der Waals surface area contributed by atoms with Crippen LogP contribution in [-0.4, -0.2) is 48.5 Å². The molecule has 0 unspecified atom stereocenters. The molecule has 0 saturated heterocycles. The van der Waals surface area contributed by atoms with Crippen LogP contribution >= 0.6 is 22.9 Å². The van der Waals surface area contributed by atoms with Crippen molar-refractivity contribution in [1.82, 2.24) is 14.8 Å². The van der Waals surface area contributed by atoms with E-state index in [1.54, 1.807) is 36.3 Å². The number of ether oxygens (including phenoxy) is 1. The van der Waals surface area contributed by atoms with Crippen molar-refractivity contribution in [3.8, 4) is 5.75 Å². The van der Waals surface area contributed by atoms with Crippen molar-refractivity contribution in [3.05, 3.63) is 65.9 Å². The van der Waals surface area contributed by atoms with E-state index in [2.05, 4.69) is 10.1 Å². The SMILES string of the molecule is COc1ccc2nc(N(CCn3cccn3)C(=O)CCS(=O)(=O)c3ccc(Cl)cc3)sc2c1. The first-order valence-corrected chi connectivity index (χ1v) is 12.9. The van der Waals surface area contributed by atoms with E-state index in [1.807, 2.05) is 12.1 Å². The smallest absolute Gasteiger partial charge is 0.229 e. The van der Waals surface area contributed by atoms with E-state index < -0.39 is 9.84 Å². The van der Waals surface area contributed by atoms with Crippen LogP contribution in [-0.2, 0) is 21.2 Å². The largest absolute Gasteiger partial charge is 0.497 e. The summed E-state index contributed by atoms with van der Waals surface area (Å²) in [5, 5.41) is 5.12. The fourth-order valence-corrected chi connectivity index (χ4v) is 5.61. The molecular weight excluding hydrogens is 484 g/mol. The van der Waals surface area contributed by atoms with Gasteiger partial charge in [-0.3, -0.25) is 14.4 Å². The van der Waals surface area contributed by atoms with Gasteiger partial charge >= 0.3 is 0 Å². The minimum Gasteiger partial charge on any atom is -0.497 e. The first kappa shape index (κ1) is 23.2. The lowest BCUT2D eigenvalue weighted by molar-refractivity contribution is -0.118. The Morgan fingerprint density at radius 1 is 1.21 bits per heavy atom. The number of halogens is 1. The van der Waals surface area contributed by atoms with Crippen LogP contribution in [0.4, 0.5) is 5.13 Å². The Hall–Kier alpha value is -2.95. The number of nitrogens with zero attached hydrogens (tertiary/aromatic N) is 4. The van der Waals surface area contributed by atoms with Gasteiger partial charge in [-0.25, -0.2) is 13.4 Å². The van der Waals surface area contributed by atoms with Gasteiger partial charge in [0.05, 0.1) is 34.5 Å². The molecule has 1 amide bonds. The lowest BCUT2D eigenvalue weighted by Gasteiger charge is -2.20. The van der Waals surface area contributed by atoms with Crippen LogP contribution in [0.1, 0.15) is 6.42 Å². The highest BCUT2D eigenvalue weighted by Crippen LogP contribution is 2.32. The van der Waals surface area contributed by atoms with E-state index in [0.717, 1.165) is 10.2 Å². The molecule has 2 aromatic carbocycles. The molecule has 0 aliphatic rings. The van der Waals surface area contributed by atoms with Gasteiger partial charge < -0.3 is 4.74 Å². The standard InChI is InChI=1S/C22H21ClN4O4S2/c1-31-17-5-8-19-20(15-17)32-22(25-19)27(13-12-26-11-2-10-24-26)21(28)9-14-33(29,30)18-6-3-16(23)4-7-18/h2-8,10-11,15H,9,12-14H2,1H3. The fourth-order valence-electron chi connectivity index (χ4n) is 3.21. The summed E-state index contributed by atoms with van der Waals surface area (Å²) in [6.07, 6.45) is 3.29. The number of carbonyl (C=O) groups is 1. The Labute approximate surface area is 200 Å². The molecule has 0 aliphatic heterocycles. The fraction of sp³-hybridized carbons (Fsp3) is 0.227. The zero-order valence-corrected chi connectivity index (χ0v) is 20.1. The summed E-state index contributed by atoms with van der Waals surface area (Å²) < 4.78 is 33.3. The summed E-state index contributed by atoms with van der Waals surface area (Å²) in [6.45, 7) is 0.750. The second kappa shape index (κ2) is 9.90. The van der Waals surface area contributed by atoms with Gasteiger partial charge in [-0.15, -0.1) is 0 Å². The topological polar surface area (TPSA) is 94.4 Å². The van der Waals surface area contributed by atoms with Crippen LogP contribution in [0.25, 0.3) is 10.2 Å². The van der Waals surface area contributed by atoms with Crippen LogP contribution in [0.5, 0.6) is 5.75 Å². The summed E-state index contributed by atoms with van der Waals surface area (Å²) in [6, 6.07) is 13.2. The molecule has 33 heavy (non-hydrogen) atoms. The van der Waals surface area contributed by atoms with Crippen LogP contribution in [0, 0.1) is 0 Å². The number of aromatic nitrogens is 3. The van der Waals surface area contributed by atoms with Crippen molar-refractivity contribution in [3.63, 3.8) is 0 Å². The molecule has 2 aromatic heterocycles. The van der Waals surface area contributed by atoms with Gasteiger partial charge in [-0.1, -0.05) is 22.9 Å².